The van der Waals surface area contributed by atoms with Crippen molar-refractivity contribution in [1.29, 1.82) is 0 Å². The summed E-state index contributed by atoms with van der Waals surface area (Å²) in [6, 6.07) is 162. The largest absolute Gasteiger partial charge is 0.309 e. The van der Waals surface area contributed by atoms with Crippen LogP contribution in [-0.2, 0) is 5.41 Å². The van der Waals surface area contributed by atoms with E-state index in [9.17, 15) is 0 Å². The monoisotopic (exact) mass is 1470 g/mol. The molecule has 4 heteroatoms. The van der Waals surface area contributed by atoms with Gasteiger partial charge in [0.1, 0.15) is 0 Å². The molecule has 21 rings (SSSR count). The van der Waals surface area contributed by atoms with Gasteiger partial charge in [-0.15, -0.1) is 0 Å². The van der Waals surface area contributed by atoms with E-state index in [0.717, 1.165) is 167 Å². The molecular weight excluding hydrogens is 1390 g/mol. The molecule has 115 heavy (non-hydrogen) atoms. The lowest BCUT2D eigenvalue weighted by atomic mass is 9.81. The molecule has 1 aliphatic carbocycles. The Kier molecular flexibility index (Phi) is 16.9. The summed E-state index contributed by atoms with van der Waals surface area (Å²) in [6.45, 7) is 4.92. The van der Waals surface area contributed by atoms with Gasteiger partial charge >= 0.3 is 0 Å². The van der Waals surface area contributed by atoms with Crippen LogP contribution in [0.5, 0.6) is 0 Å². The molecule has 0 bridgehead atoms. The molecule has 0 fully saturated rings. The topological polar surface area (TPSA) is 13.0 Å². The van der Waals surface area contributed by atoms with Gasteiger partial charge in [0.05, 0.1) is 56.9 Å². The van der Waals surface area contributed by atoms with Crippen molar-refractivity contribution in [1.82, 2.24) is 0 Å². The maximum absolute atomic E-state index is 2.64. The minimum Gasteiger partial charge on any atom is -0.309 e. The third-order valence-corrected chi connectivity index (χ3v) is 23.7. The van der Waals surface area contributed by atoms with Crippen molar-refractivity contribution in [2.24, 2.45) is 0 Å². The molecule has 0 amide bonds. The van der Waals surface area contributed by atoms with Crippen LogP contribution in [0.25, 0.3) is 120 Å². The van der Waals surface area contributed by atoms with E-state index in [2.05, 4.69) is 470 Å². The molecule has 0 saturated carbocycles. The van der Waals surface area contributed by atoms with Crippen molar-refractivity contribution in [3.63, 3.8) is 0 Å². The van der Waals surface area contributed by atoms with Gasteiger partial charge in [-0.1, -0.05) is 366 Å². The Morgan fingerprint density at radius 1 is 0.165 bits per heavy atom. The fourth-order valence-electron chi connectivity index (χ4n) is 18.4. The number of anilines is 12. The smallest absolute Gasteiger partial charge is 0.0621 e. The Morgan fingerprint density at radius 2 is 0.435 bits per heavy atom. The second kappa shape index (κ2) is 28.5. The Morgan fingerprint density at radius 3 is 0.826 bits per heavy atom. The molecule has 0 N–H and O–H groups in total. The van der Waals surface area contributed by atoms with Crippen molar-refractivity contribution in [2.75, 3.05) is 19.6 Å². The van der Waals surface area contributed by atoms with Gasteiger partial charge in [-0.05, 0) is 151 Å². The van der Waals surface area contributed by atoms with Crippen LogP contribution in [-0.4, -0.2) is 0 Å². The lowest BCUT2D eigenvalue weighted by molar-refractivity contribution is 0.661. The summed E-state index contributed by atoms with van der Waals surface area (Å²) in [5.41, 5.74) is 26.0. The second-order valence-corrected chi connectivity index (χ2v) is 30.6. The highest BCUT2D eigenvalue weighted by Gasteiger charge is 2.40. The van der Waals surface area contributed by atoms with Crippen molar-refractivity contribution < 1.29 is 0 Å². The van der Waals surface area contributed by atoms with Gasteiger partial charge in [-0.25, -0.2) is 0 Å². The highest BCUT2D eigenvalue weighted by molar-refractivity contribution is 6.27. The van der Waals surface area contributed by atoms with E-state index in [0.29, 0.717) is 0 Å². The molecule has 0 radical (unpaired) electrons. The first-order valence-electron chi connectivity index (χ1n) is 39.8. The summed E-state index contributed by atoms with van der Waals surface area (Å²) >= 11 is 0. The minimum absolute atomic E-state index is 0.555. The maximum atomic E-state index is 2.64. The molecule has 542 valence electrons. The van der Waals surface area contributed by atoms with Crippen molar-refractivity contribution in [2.45, 2.75) is 19.3 Å². The first-order valence-corrected chi connectivity index (χ1v) is 39.8. The number of benzene rings is 20. The summed E-state index contributed by atoms with van der Waals surface area (Å²) in [5, 5.41) is 13.5. The molecular formula is C111H78N4. The SMILES string of the molecule is CC1(C)c2cc(N(c3ccccc3-c3ccccc3)c3cccc4ccccc34)ccc2-c2cc3c(N(c4ccccc4-c4ccccc4)c4cccc5ccccc45)c4cc(N(c5ccccc5-c5ccccc5)c5cccc6ccccc56)ccc4c(N(c4ccccc4-c4ccccc4)c4cccc5ccccc45)c3cc21. The van der Waals surface area contributed by atoms with Gasteiger partial charge < -0.3 is 19.6 Å². The van der Waals surface area contributed by atoms with E-state index < -0.39 is 5.41 Å². The van der Waals surface area contributed by atoms with Crippen LogP contribution in [0.1, 0.15) is 25.0 Å². The molecule has 0 spiro atoms. The highest BCUT2D eigenvalue weighted by Crippen LogP contribution is 2.61. The molecule has 0 saturated heterocycles. The lowest BCUT2D eigenvalue weighted by Crippen LogP contribution is -2.18. The van der Waals surface area contributed by atoms with Crippen LogP contribution in [0.3, 0.4) is 0 Å². The zero-order valence-corrected chi connectivity index (χ0v) is 63.9. The average molecular weight is 1470 g/mol. The quantitative estimate of drug-likeness (QED) is 0.0706. The molecule has 0 heterocycles. The summed E-state index contributed by atoms with van der Waals surface area (Å²) in [6.07, 6.45) is 0. The first-order chi connectivity index (χ1) is 56.9. The van der Waals surface area contributed by atoms with Crippen LogP contribution in [0.4, 0.5) is 68.2 Å². The zero-order chi connectivity index (χ0) is 76.5. The van der Waals surface area contributed by atoms with Crippen LogP contribution >= 0.6 is 0 Å². The van der Waals surface area contributed by atoms with Crippen LogP contribution in [0, 0.1) is 0 Å². The second-order valence-electron chi connectivity index (χ2n) is 30.6. The minimum atomic E-state index is -0.555. The molecule has 0 atom stereocenters. The van der Waals surface area contributed by atoms with Gasteiger partial charge in [-0.2, -0.15) is 0 Å². The van der Waals surface area contributed by atoms with Crippen LogP contribution < -0.4 is 19.6 Å². The summed E-state index contributed by atoms with van der Waals surface area (Å²) in [7, 11) is 0. The number of hydrogen-bond donors (Lipinski definition) is 0. The Labute approximate surface area is 670 Å². The number of para-hydroxylation sites is 4. The molecule has 20 aromatic rings. The van der Waals surface area contributed by atoms with Crippen molar-refractivity contribution in [3.8, 4) is 55.6 Å². The normalized spacial score (nSPS) is 12.2. The lowest BCUT2D eigenvalue weighted by Gasteiger charge is -2.36. The molecule has 20 aromatic carbocycles. The third-order valence-electron chi connectivity index (χ3n) is 23.7. The van der Waals surface area contributed by atoms with Crippen LogP contribution in [0.2, 0.25) is 0 Å². The number of fused-ring (bicyclic) bond motifs is 9. The van der Waals surface area contributed by atoms with Crippen molar-refractivity contribution in [3.05, 3.63) is 448 Å². The predicted molar refractivity (Wildman–Crippen MR) is 490 cm³/mol. The van der Waals surface area contributed by atoms with Gasteiger partial charge in [-0.3, -0.25) is 0 Å². The van der Waals surface area contributed by atoms with Crippen LogP contribution in [0.15, 0.2) is 437 Å². The Hall–Kier alpha value is -14.8. The summed E-state index contributed by atoms with van der Waals surface area (Å²) in [5.74, 6) is 0. The number of nitrogens with zero attached hydrogens (tertiary/aromatic N) is 4. The highest BCUT2D eigenvalue weighted by atomic mass is 15.2. The average Bonchev–Trinajstić information content (AvgIpc) is 1.66. The first kappa shape index (κ1) is 68.2. The van der Waals surface area contributed by atoms with Gasteiger partial charge in [0, 0.05) is 82.1 Å². The third kappa shape index (κ3) is 11.7. The molecule has 0 unspecified atom stereocenters. The maximum Gasteiger partial charge on any atom is 0.0621 e. The van der Waals surface area contributed by atoms with E-state index >= 15 is 0 Å². The predicted octanol–water partition coefficient (Wildman–Crippen LogP) is 31.5. The number of hydrogen-bond acceptors (Lipinski definition) is 4. The molecule has 0 aliphatic heterocycles. The fraction of sp³-hybridized carbons (Fsp3) is 0.0270. The molecule has 1 aliphatic rings. The molecule has 4 nitrogen and oxygen atoms in total. The standard InChI is InChI=1S/C111H78N4/c1-111(2)99-72-84(113(104-64-32-48-80-44-16-20-52-88(80)104)102-60-28-24-56-86(102)76-37-9-4-10-38-76)67-69-93(99)95-73-97-98(74-100(95)111)109(114(107-65-33-49-81-45-17-21-53-91(81)107)105-61-29-25-57-89(105)77-39-11-5-12-40-77)94-70-68-83(112(103-63-31-47-79-43-15-19-51-87(79)103)101-59-27-23-55-85(101)75-35-7-3-8-36-75)71-96(94)110(97)115(108-66-34-50-82-46-18-22-54-92(82)108)106-62-30-26-58-90(106)78-41-13-6-14-42-78/h3-74H,1-2H3. The van der Waals surface area contributed by atoms with Gasteiger partial charge in [0.2, 0.25) is 0 Å². The zero-order valence-electron chi connectivity index (χ0n) is 63.9. The van der Waals surface area contributed by atoms with Crippen molar-refractivity contribution >= 4 is 133 Å². The van der Waals surface area contributed by atoms with E-state index in [-0.39, 0.29) is 0 Å². The summed E-state index contributed by atoms with van der Waals surface area (Å²) in [4.78, 5) is 10.3. The van der Waals surface area contributed by atoms with E-state index in [1.54, 1.807) is 0 Å². The molecule has 0 aromatic heterocycles. The van der Waals surface area contributed by atoms with E-state index in [1.807, 2.05) is 0 Å². The van der Waals surface area contributed by atoms with E-state index in [4.69, 9.17) is 0 Å². The summed E-state index contributed by atoms with van der Waals surface area (Å²) < 4.78 is 0. The Bertz CT molecular complexity index is 7130. The Balaban J connectivity index is 0.944. The number of rotatable bonds is 16. The fourth-order valence-corrected chi connectivity index (χ4v) is 18.4. The van der Waals surface area contributed by atoms with Gasteiger partial charge in [0.15, 0.2) is 0 Å². The van der Waals surface area contributed by atoms with Gasteiger partial charge in [0.25, 0.3) is 0 Å². The van der Waals surface area contributed by atoms with E-state index in [1.165, 1.54) is 33.0 Å².